The minimum atomic E-state index is 0.211. The third-order valence-electron chi connectivity index (χ3n) is 4.34. The normalized spacial score (nSPS) is 16.7. The first kappa shape index (κ1) is 17.0. The zero-order valence-electron chi connectivity index (χ0n) is 14.1. The molecule has 1 aliphatic rings. The summed E-state index contributed by atoms with van der Waals surface area (Å²) in [5.41, 5.74) is 1.92. The molecule has 22 heavy (non-hydrogen) atoms. The van der Waals surface area contributed by atoms with Crippen LogP contribution in [-0.4, -0.2) is 61.5 Å². The van der Waals surface area contributed by atoms with E-state index in [0.717, 1.165) is 56.0 Å². The van der Waals surface area contributed by atoms with Gasteiger partial charge >= 0.3 is 0 Å². The van der Waals surface area contributed by atoms with E-state index in [2.05, 4.69) is 23.6 Å². The number of ether oxygens (including phenoxy) is 1. The quantitative estimate of drug-likeness (QED) is 0.725. The predicted octanol–water partition coefficient (Wildman–Crippen LogP) is 2.47. The maximum Gasteiger partial charge on any atom is 0.176 e. The van der Waals surface area contributed by atoms with Crippen molar-refractivity contribution in [3.05, 3.63) is 29.3 Å². The van der Waals surface area contributed by atoms with E-state index >= 15 is 0 Å². The Morgan fingerprint density at radius 1 is 1.09 bits per heavy atom. The highest BCUT2D eigenvalue weighted by atomic mass is 16.5. The molecular formula is C18H28N2O2. The first-order valence-corrected chi connectivity index (χ1v) is 8.41. The number of hydrogen-bond donors (Lipinski definition) is 0. The van der Waals surface area contributed by atoms with E-state index in [4.69, 9.17) is 4.74 Å². The molecule has 0 atom stereocenters. The van der Waals surface area contributed by atoms with Crippen molar-refractivity contribution in [2.45, 2.75) is 27.2 Å². The molecule has 1 aromatic rings. The van der Waals surface area contributed by atoms with E-state index in [-0.39, 0.29) is 5.78 Å². The molecule has 0 amide bonds. The molecule has 0 unspecified atom stereocenters. The van der Waals surface area contributed by atoms with Crippen LogP contribution in [0.2, 0.25) is 0 Å². The smallest absolute Gasteiger partial charge is 0.176 e. The number of piperazine rings is 1. The molecule has 0 radical (unpaired) electrons. The first-order valence-electron chi connectivity index (χ1n) is 8.41. The average molecular weight is 304 g/mol. The number of Topliss-reactive ketones (excluding diaryl/α,β-unsaturated/α-hetero) is 1. The Balaban J connectivity index is 1.98. The Hall–Kier alpha value is -1.39. The molecule has 1 heterocycles. The lowest BCUT2D eigenvalue weighted by atomic mass is 10.0. The molecule has 0 N–H and O–H groups in total. The number of aryl methyl sites for hydroxylation is 1. The van der Waals surface area contributed by atoms with Crippen LogP contribution in [0, 0.1) is 0 Å². The van der Waals surface area contributed by atoms with Gasteiger partial charge in [0.1, 0.15) is 5.75 Å². The Bertz CT molecular complexity index is 494. The van der Waals surface area contributed by atoms with Crippen LogP contribution in [0.3, 0.4) is 0 Å². The molecule has 1 aliphatic heterocycles. The predicted molar refractivity (Wildman–Crippen MR) is 89.9 cm³/mol. The van der Waals surface area contributed by atoms with E-state index in [0.29, 0.717) is 13.2 Å². The van der Waals surface area contributed by atoms with Gasteiger partial charge in [-0.05, 0) is 43.7 Å². The summed E-state index contributed by atoms with van der Waals surface area (Å²) >= 11 is 0. The monoisotopic (exact) mass is 304 g/mol. The average Bonchev–Trinajstić information content (AvgIpc) is 2.56. The summed E-state index contributed by atoms with van der Waals surface area (Å²) in [7, 11) is 0. The van der Waals surface area contributed by atoms with Crippen LogP contribution < -0.4 is 4.74 Å². The highest BCUT2D eigenvalue weighted by Gasteiger charge is 2.19. The van der Waals surface area contributed by atoms with E-state index in [1.807, 2.05) is 25.1 Å². The lowest BCUT2D eigenvalue weighted by molar-refractivity contribution is 0.0859. The standard InChI is InChI=1S/C18H28N2O2/c1-4-15-13-16(7-8-18(15)22-6-3)17(21)14-20-11-9-19(5-2)10-12-20/h7-8,13H,4-6,9-12,14H2,1-3H3. The highest BCUT2D eigenvalue weighted by molar-refractivity contribution is 5.98. The second-order valence-electron chi connectivity index (χ2n) is 5.74. The number of nitrogens with zero attached hydrogens (tertiary/aromatic N) is 2. The highest BCUT2D eigenvalue weighted by Crippen LogP contribution is 2.21. The maximum atomic E-state index is 12.5. The lowest BCUT2D eigenvalue weighted by Gasteiger charge is -2.33. The molecule has 1 fully saturated rings. The van der Waals surface area contributed by atoms with Gasteiger partial charge in [0.2, 0.25) is 0 Å². The lowest BCUT2D eigenvalue weighted by Crippen LogP contribution is -2.47. The summed E-state index contributed by atoms with van der Waals surface area (Å²) in [5.74, 6) is 1.11. The van der Waals surface area contributed by atoms with Crippen LogP contribution in [0.1, 0.15) is 36.7 Å². The molecule has 1 aromatic carbocycles. The van der Waals surface area contributed by atoms with Crippen molar-refractivity contribution in [3.63, 3.8) is 0 Å². The second kappa shape index (κ2) is 8.30. The summed E-state index contributed by atoms with van der Waals surface area (Å²) in [5, 5.41) is 0. The van der Waals surface area contributed by atoms with Crippen LogP contribution in [0.4, 0.5) is 0 Å². The third-order valence-corrected chi connectivity index (χ3v) is 4.34. The molecule has 0 aliphatic carbocycles. The number of rotatable bonds is 7. The van der Waals surface area contributed by atoms with Gasteiger partial charge in [0, 0.05) is 31.7 Å². The number of carbonyl (C=O) groups is 1. The maximum absolute atomic E-state index is 12.5. The first-order chi connectivity index (χ1) is 10.7. The van der Waals surface area contributed by atoms with Crippen molar-refractivity contribution in [2.24, 2.45) is 0 Å². The van der Waals surface area contributed by atoms with Gasteiger partial charge in [-0.25, -0.2) is 0 Å². The van der Waals surface area contributed by atoms with Crippen LogP contribution in [-0.2, 0) is 6.42 Å². The Kier molecular flexibility index (Phi) is 6.40. The molecule has 122 valence electrons. The second-order valence-corrected chi connectivity index (χ2v) is 5.74. The SMILES string of the molecule is CCOc1ccc(C(=O)CN2CCN(CC)CC2)cc1CC. The molecule has 0 bridgehead atoms. The number of carbonyl (C=O) groups excluding carboxylic acids is 1. The molecule has 0 aromatic heterocycles. The summed E-state index contributed by atoms with van der Waals surface area (Å²) in [6.45, 7) is 12.6. The van der Waals surface area contributed by atoms with E-state index in [9.17, 15) is 4.79 Å². The molecule has 1 saturated heterocycles. The molecular weight excluding hydrogens is 276 g/mol. The minimum Gasteiger partial charge on any atom is -0.494 e. The fourth-order valence-electron chi connectivity index (χ4n) is 2.88. The van der Waals surface area contributed by atoms with E-state index in [1.165, 1.54) is 0 Å². The van der Waals surface area contributed by atoms with Crippen molar-refractivity contribution >= 4 is 5.78 Å². The van der Waals surface area contributed by atoms with Crippen LogP contribution in [0.25, 0.3) is 0 Å². The van der Waals surface area contributed by atoms with Gasteiger partial charge in [-0.1, -0.05) is 13.8 Å². The van der Waals surface area contributed by atoms with Crippen LogP contribution in [0.5, 0.6) is 5.75 Å². The zero-order chi connectivity index (χ0) is 15.9. The summed E-state index contributed by atoms with van der Waals surface area (Å²) in [6.07, 6.45) is 0.881. The molecule has 2 rings (SSSR count). The largest absolute Gasteiger partial charge is 0.494 e. The van der Waals surface area contributed by atoms with Gasteiger partial charge in [0.05, 0.1) is 13.2 Å². The fourth-order valence-corrected chi connectivity index (χ4v) is 2.88. The minimum absolute atomic E-state index is 0.211. The topological polar surface area (TPSA) is 32.8 Å². The van der Waals surface area contributed by atoms with Crippen molar-refractivity contribution in [1.82, 2.24) is 9.80 Å². The van der Waals surface area contributed by atoms with Gasteiger partial charge in [0.25, 0.3) is 0 Å². The number of benzene rings is 1. The van der Waals surface area contributed by atoms with Gasteiger partial charge in [-0.2, -0.15) is 0 Å². The van der Waals surface area contributed by atoms with Gasteiger partial charge in [-0.3, -0.25) is 9.69 Å². The van der Waals surface area contributed by atoms with Crippen molar-refractivity contribution in [1.29, 1.82) is 0 Å². The Morgan fingerprint density at radius 2 is 1.77 bits per heavy atom. The number of likely N-dealkylation sites (N-methyl/N-ethyl adjacent to an activating group) is 1. The van der Waals surface area contributed by atoms with Gasteiger partial charge in [-0.15, -0.1) is 0 Å². The van der Waals surface area contributed by atoms with Crippen LogP contribution in [0.15, 0.2) is 18.2 Å². The van der Waals surface area contributed by atoms with Gasteiger partial charge in [0.15, 0.2) is 5.78 Å². The molecule has 4 heteroatoms. The Morgan fingerprint density at radius 3 is 2.36 bits per heavy atom. The molecule has 4 nitrogen and oxygen atoms in total. The third kappa shape index (κ3) is 4.31. The van der Waals surface area contributed by atoms with Crippen molar-refractivity contribution in [2.75, 3.05) is 45.9 Å². The zero-order valence-corrected chi connectivity index (χ0v) is 14.1. The van der Waals surface area contributed by atoms with Crippen molar-refractivity contribution < 1.29 is 9.53 Å². The summed E-state index contributed by atoms with van der Waals surface area (Å²) in [4.78, 5) is 17.2. The summed E-state index contributed by atoms with van der Waals surface area (Å²) < 4.78 is 5.61. The fraction of sp³-hybridized carbons (Fsp3) is 0.611. The van der Waals surface area contributed by atoms with E-state index in [1.54, 1.807) is 0 Å². The summed E-state index contributed by atoms with van der Waals surface area (Å²) in [6, 6.07) is 5.83. The van der Waals surface area contributed by atoms with Gasteiger partial charge < -0.3 is 9.64 Å². The molecule has 0 saturated carbocycles. The van der Waals surface area contributed by atoms with E-state index < -0.39 is 0 Å². The number of hydrogen-bond acceptors (Lipinski definition) is 4. The van der Waals surface area contributed by atoms with Crippen LogP contribution >= 0.6 is 0 Å². The van der Waals surface area contributed by atoms with Crippen molar-refractivity contribution in [3.8, 4) is 5.75 Å². The number of ketones is 1. The molecule has 0 spiro atoms. The Labute approximate surface area is 134 Å².